The van der Waals surface area contributed by atoms with Crippen LogP contribution in [0.5, 0.6) is 0 Å². The smallest absolute Gasteiger partial charge is 0.129 e. The van der Waals surface area contributed by atoms with E-state index in [0.717, 1.165) is 26.1 Å². The zero-order valence-electron chi connectivity index (χ0n) is 8.96. The molecule has 88 valence electrons. The lowest BCUT2D eigenvalue weighted by atomic mass is 9.94. The molecule has 2 atom stereocenters. The molecule has 0 aliphatic carbocycles. The molecule has 0 radical (unpaired) electrons. The van der Waals surface area contributed by atoms with Gasteiger partial charge in [-0.3, -0.25) is 0 Å². The first-order valence-corrected chi connectivity index (χ1v) is 5.83. The third-order valence-electron chi connectivity index (χ3n) is 2.97. The van der Waals surface area contributed by atoms with Gasteiger partial charge in [0.05, 0.1) is 0 Å². The van der Waals surface area contributed by atoms with Crippen LogP contribution < -0.4 is 5.73 Å². The second kappa shape index (κ2) is 5.13. The lowest BCUT2D eigenvalue weighted by molar-refractivity contribution is 0.182. The molecule has 1 aliphatic heterocycles. The van der Waals surface area contributed by atoms with E-state index in [1.165, 1.54) is 6.07 Å². The van der Waals surface area contributed by atoms with Crippen molar-refractivity contribution in [2.24, 2.45) is 11.7 Å². The molecule has 1 aromatic rings. The Bertz CT molecular complexity index is 366. The molecular weight excluding hydrogens is 229 g/mol. The van der Waals surface area contributed by atoms with Crippen LogP contribution in [0.2, 0.25) is 5.02 Å². The molecule has 2 nitrogen and oxygen atoms in total. The maximum absolute atomic E-state index is 13.6. The molecule has 0 aromatic heterocycles. The number of nitrogens with two attached hydrogens (primary N) is 1. The summed E-state index contributed by atoms with van der Waals surface area (Å²) in [6.07, 6.45) is 1.78. The third-order valence-corrected chi connectivity index (χ3v) is 3.21. The standard InChI is InChI=1S/C12H15ClFNO/c13-9-1-2-10(11(14)6-9)12(15)5-8-3-4-16-7-8/h1-2,6,8,12H,3-5,7,15H2. The van der Waals surface area contributed by atoms with Gasteiger partial charge in [0.15, 0.2) is 0 Å². The van der Waals surface area contributed by atoms with E-state index in [1.807, 2.05) is 0 Å². The van der Waals surface area contributed by atoms with E-state index in [1.54, 1.807) is 12.1 Å². The molecule has 2 rings (SSSR count). The van der Waals surface area contributed by atoms with E-state index in [9.17, 15) is 4.39 Å². The second-order valence-electron chi connectivity index (χ2n) is 4.24. The molecule has 1 fully saturated rings. The molecule has 0 bridgehead atoms. The van der Waals surface area contributed by atoms with Gasteiger partial charge in [0.2, 0.25) is 0 Å². The van der Waals surface area contributed by atoms with Crippen molar-refractivity contribution in [3.63, 3.8) is 0 Å². The summed E-state index contributed by atoms with van der Waals surface area (Å²) in [6.45, 7) is 1.53. The summed E-state index contributed by atoms with van der Waals surface area (Å²) in [4.78, 5) is 0. The van der Waals surface area contributed by atoms with Crippen LogP contribution in [0.1, 0.15) is 24.4 Å². The summed E-state index contributed by atoms with van der Waals surface area (Å²) in [6, 6.07) is 4.37. The van der Waals surface area contributed by atoms with Gasteiger partial charge in [-0.05, 0) is 30.9 Å². The van der Waals surface area contributed by atoms with E-state index in [2.05, 4.69) is 0 Å². The van der Waals surface area contributed by atoms with Crippen molar-refractivity contribution >= 4 is 11.6 Å². The maximum Gasteiger partial charge on any atom is 0.129 e. The van der Waals surface area contributed by atoms with E-state index >= 15 is 0 Å². The quantitative estimate of drug-likeness (QED) is 0.886. The molecule has 1 heterocycles. The molecule has 1 aliphatic rings. The monoisotopic (exact) mass is 243 g/mol. The molecule has 2 unspecified atom stereocenters. The van der Waals surface area contributed by atoms with Gasteiger partial charge in [-0.25, -0.2) is 4.39 Å². The number of rotatable bonds is 3. The van der Waals surface area contributed by atoms with Crippen LogP contribution in [0.25, 0.3) is 0 Å². The number of hydrogen-bond donors (Lipinski definition) is 1. The average Bonchev–Trinajstić information content (AvgIpc) is 2.70. The van der Waals surface area contributed by atoms with Crippen LogP contribution in [0.15, 0.2) is 18.2 Å². The first-order valence-electron chi connectivity index (χ1n) is 5.45. The fraction of sp³-hybridized carbons (Fsp3) is 0.500. The Morgan fingerprint density at radius 1 is 1.56 bits per heavy atom. The van der Waals surface area contributed by atoms with Crippen LogP contribution in [0.4, 0.5) is 4.39 Å². The van der Waals surface area contributed by atoms with Gasteiger partial charge in [-0.15, -0.1) is 0 Å². The Morgan fingerprint density at radius 3 is 3.00 bits per heavy atom. The highest BCUT2D eigenvalue weighted by molar-refractivity contribution is 6.30. The molecule has 1 saturated heterocycles. The van der Waals surface area contributed by atoms with Crippen molar-refractivity contribution in [2.45, 2.75) is 18.9 Å². The van der Waals surface area contributed by atoms with E-state index < -0.39 is 0 Å². The number of hydrogen-bond acceptors (Lipinski definition) is 2. The van der Waals surface area contributed by atoms with Gasteiger partial charge < -0.3 is 10.5 Å². The summed E-state index contributed by atoms with van der Waals surface area (Å²) in [7, 11) is 0. The van der Waals surface area contributed by atoms with Crippen molar-refractivity contribution in [1.29, 1.82) is 0 Å². The third kappa shape index (κ3) is 2.73. The SMILES string of the molecule is NC(CC1CCOC1)c1ccc(Cl)cc1F. The predicted molar refractivity (Wildman–Crippen MR) is 61.9 cm³/mol. The summed E-state index contributed by atoms with van der Waals surface area (Å²) >= 11 is 5.69. The maximum atomic E-state index is 13.6. The summed E-state index contributed by atoms with van der Waals surface area (Å²) in [5.74, 6) is 0.129. The highest BCUT2D eigenvalue weighted by Crippen LogP contribution is 2.27. The molecule has 4 heteroatoms. The van der Waals surface area contributed by atoms with Gasteiger partial charge in [0.25, 0.3) is 0 Å². The van der Waals surface area contributed by atoms with E-state index in [0.29, 0.717) is 16.5 Å². The average molecular weight is 244 g/mol. The van der Waals surface area contributed by atoms with Gasteiger partial charge in [0.1, 0.15) is 5.82 Å². The zero-order valence-corrected chi connectivity index (χ0v) is 9.71. The first kappa shape index (κ1) is 11.8. The number of benzene rings is 1. The summed E-state index contributed by atoms with van der Waals surface area (Å²) < 4.78 is 18.9. The van der Waals surface area contributed by atoms with Crippen molar-refractivity contribution in [1.82, 2.24) is 0 Å². The molecule has 0 saturated carbocycles. The van der Waals surface area contributed by atoms with Crippen LogP contribution in [0.3, 0.4) is 0 Å². The van der Waals surface area contributed by atoms with E-state index in [-0.39, 0.29) is 11.9 Å². The van der Waals surface area contributed by atoms with Gasteiger partial charge >= 0.3 is 0 Å². The zero-order chi connectivity index (χ0) is 11.5. The van der Waals surface area contributed by atoms with Crippen LogP contribution >= 0.6 is 11.6 Å². The number of ether oxygens (including phenoxy) is 1. The Hall–Kier alpha value is -0.640. The molecule has 16 heavy (non-hydrogen) atoms. The topological polar surface area (TPSA) is 35.2 Å². The van der Waals surface area contributed by atoms with Gasteiger partial charge in [0, 0.05) is 29.8 Å². The summed E-state index contributed by atoms with van der Waals surface area (Å²) in [5.41, 5.74) is 6.53. The predicted octanol–water partition coefficient (Wildman–Crippen LogP) is 2.91. The fourth-order valence-corrected chi connectivity index (χ4v) is 2.22. The minimum absolute atomic E-state index is 0.274. The molecule has 2 N–H and O–H groups in total. The molecule has 0 amide bonds. The highest BCUT2D eigenvalue weighted by atomic mass is 35.5. The summed E-state index contributed by atoms with van der Waals surface area (Å²) in [5, 5.41) is 0.401. The first-order chi connectivity index (χ1) is 7.66. The minimum Gasteiger partial charge on any atom is -0.381 e. The lowest BCUT2D eigenvalue weighted by Gasteiger charge is -2.16. The van der Waals surface area contributed by atoms with E-state index in [4.69, 9.17) is 22.1 Å². The second-order valence-corrected chi connectivity index (χ2v) is 4.67. The van der Waals surface area contributed by atoms with Gasteiger partial charge in [-0.1, -0.05) is 17.7 Å². The number of halogens is 2. The normalized spacial score (nSPS) is 22.3. The largest absolute Gasteiger partial charge is 0.381 e. The fourth-order valence-electron chi connectivity index (χ4n) is 2.06. The van der Waals surface area contributed by atoms with Crippen LogP contribution in [0, 0.1) is 11.7 Å². The van der Waals surface area contributed by atoms with Crippen LogP contribution in [-0.2, 0) is 4.74 Å². The van der Waals surface area contributed by atoms with Crippen molar-refractivity contribution in [2.75, 3.05) is 13.2 Å². The Kier molecular flexibility index (Phi) is 3.79. The van der Waals surface area contributed by atoms with Crippen LogP contribution in [-0.4, -0.2) is 13.2 Å². The minimum atomic E-state index is -0.320. The lowest BCUT2D eigenvalue weighted by Crippen LogP contribution is -2.17. The Balaban J connectivity index is 2.04. The van der Waals surface area contributed by atoms with Crippen molar-refractivity contribution < 1.29 is 9.13 Å². The highest BCUT2D eigenvalue weighted by Gasteiger charge is 2.21. The van der Waals surface area contributed by atoms with Gasteiger partial charge in [-0.2, -0.15) is 0 Å². The molecule has 0 spiro atoms. The van der Waals surface area contributed by atoms with Crippen molar-refractivity contribution in [3.05, 3.63) is 34.6 Å². The molecule has 1 aromatic carbocycles. The Labute approximate surface area is 99.5 Å². The Morgan fingerprint density at radius 2 is 2.38 bits per heavy atom. The molecular formula is C12H15ClFNO. The van der Waals surface area contributed by atoms with Crippen molar-refractivity contribution in [3.8, 4) is 0 Å².